The van der Waals surface area contributed by atoms with Crippen molar-refractivity contribution in [3.63, 3.8) is 0 Å². The van der Waals surface area contributed by atoms with Crippen molar-refractivity contribution in [2.75, 3.05) is 57.9 Å². The quantitative estimate of drug-likeness (QED) is 0.0975. The lowest BCUT2D eigenvalue weighted by Crippen LogP contribution is -2.65. The van der Waals surface area contributed by atoms with E-state index in [0.717, 1.165) is 59.3 Å². The van der Waals surface area contributed by atoms with Gasteiger partial charge in [0.25, 0.3) is 5.91 Å². The van der Waals surface area contributed by atoms with Crippen LogP contribution in [0.1, 0.15) is 86.3 Å². The molecule has 280 valence electrons. The first kappa shape index (κ1) is 36.7. The van der Waals surface area contributed by atoms with Crippen LogP contribution in [0.2, 0.25) is 0 Å². The summed E-state index contributed by atoms with van der Waals surface area (Å²) < 4.78 is 19.7. The average Bonchev–Trinajstić information content (AvgIpc) is 3.71. The van der Waals surface area contributed by atoms with Gasteiger partial charge in [0.1, 0.15) is 35.5 Å². The first-order chi connectivity index (χ1) is 25.1. The fourth-order valence-electron chi connectivity index (χ4n) is 9.19. The number of piperidine rings is 3. The molecule has 2 bridgehead atoms. The van der Waals surface area contributed by atoms with E-state index in [1.165, 1.54) is 50.9 Å². The highest BCUT2D eigenvalue weighted by molar-refractivity contribution is 5.96. The van der Waals surface area contributed by atoms with Crippen molar-refractivity contribution in [1.29, 1.82) is 0 Å². The van der Waals surface area contributed by atoms with Crippen LogP contribution < -0.4 is 20.1 Å². The number of nitrogens with zero attached hydrogens (tertiary/aromatic N) is 1. The number of aliphatic hydroxyl groups is 2. The Hall–Kier alpha value is -3.67. The highest BCUT2D eigenvalue weighted by Gasteiger charge is 2.48. The number of hydrogen-bond acceptors (Lipinski definition) is 8. The topological polar surface area (TPSA) is 130 Å². The summed E-state index contributed by atoms with van der Waals surface area (Å²) in [5.74, 6) is 1.74. The van der Waals surface area contributed by atoms with Crippen LogP contribution in [0.5, 0.6) is 17.2 Å². The number of aliphatic hydroxyl groups excluding tert-OH is 1. The maximum atomic E-state index is 12.1. The molecule has 3 aromatic carbocycles. The van der Waals surface area contributed by atoms with E-state index in [-0.39, 0.29) is 42.9 Å². The number of carbonyl (C=O) groups excluding carboxylic acids is 1. The van der Waals surface area contributed by atoms with Crippen LogP contribution >= 0.6 is 0 Å². The number of rotatable bonds is 15. The maximum absolute atomic E-state index is 12.1. The number of aromatic hydroxyl groups is 1. The van der Waals surface area contributed by atoms with Gasteiger partial charge in [-0.05, 0) is 61.4 Å². The Balaban J connectivity index is 0.888. The van der Waals surface area contributed by atoms with E-state index in [9.17, 15) is 20.1 Å². The molecule has 3 aromatic rings. The third-order valence-electron chi connectivity index (χ3n) is 12.3. The summed E-state index contributed by atoms with van der Waals surface area (Å²) in [6, 6.07) is 19.3. The Labute approximate surface area is 307 Å². The molecule has 0 aromatic heterocycles. The predicted molar refractivity (Wildman–Crippen MR) is 199 cm³/mol. The number of ether oxygens (including phenoxy) is 3. The number of phenolic OH excluding ortho intramolecular Hbond substituents is 1. The minimum absolute atomic E-state index is 0.0500. The monoisotopic (exact) mass is 714 g/mol. The molecular formula is C42H56N3O7+. The minimum atomic E-state index is -0.949. The third kappa shape index (κ3) is 7.96. The van der Waals surface area contributed by atoms with Crippen LogP contribution in [0.4, 0.5) is 5.69 Å². The van der Waals surface area contributed by atoms with E-state index < -0.39 is 11.7 Å². The number of phenols is 1. The Morgan fingerprint density at radius 1 is 1.06 bits per heavy atom. The zero-order valence-corrected chi connectivity index (χ0v) is 30.7. The third-order valence-corrected chi connectivity index (χ3v) is 12.3. The molecule has 5 aliphatic rings. The van der Waals surface area contributed by atoms with E-state index in [2.05, 4.69) is 41.8 Å². The molecule has 1 saturated carbocycles. The number of fused-ring (bicyclic) bond motifs is 4. The number of quaternary nitrogens is 1. The maximum Gasteiger partial charge on any atom is 0.262 e. The molecule has 0 radical (unpaired) electrons. The zero-order valence-electron chi connectivity index (χ0n) is 30.7. The van der Waals surface area contributed by atoms with Gasteiger partial charge in [-0.3, -0.25) is 4.79 Å². The van der Waals surface area contributed by atoms with Crippen molar-refractivity contribution in [3.05, 3.63) is 82.9 Å². The molecule has 52 heavy (non-hydrogen) atoms. The summed E-state index contributed by atoms with van der Waals surface area (Å²) in [6.45, 7) is 9.71. The van der Waals surface area contributed by atoms with Crippen molar-refractivity contribution < 1.29 is 38.8 Å². The molecule has 4 heterocycles. The average molecular weight is 715 g/mol. The van der Waals surface area contributed by atoms with Gasteiger partial charge in [0.2, 0.25) is 0 Å². The van der Waals surface area contributed by atoms with Crippen LogP contribution in [0.25, 0.3) is 0 Å². The molecule has 8 rings (SSSR count). The Kier molecular flexibility index (Phi) is 11.1. The first-order valence-electron chi connectivity index (χ1n) is 19.3. The smallest absolute Gasteiger partial charge is 0.262 e. The van der Waals surface area contributed by atoms with E-state index in [4.69, 9.17) is 14.2 Å². The normalized spacial score (nSPS) is 25.1. The van der Waals surface area contributed by atoms with Crippen LogP contribution in [0.3, 0.4) is 0 Å². The molecule has 0 spiro atoms. The van der Waals surface area contributed by atoms with Crippen molar-refractivity contribution in [2.45, 2.75) is 82.6 Å². The molecule has 4 fully saturated rings. The first-order valence-corrected chi connectivity index (χ1v) is 19.3. The second-order valence-corrected chi connectivity index (χ2v) is 15.8. The predicted octanol–water partition coefficient (Wildman–Crippen LogP) is 5.89. The molecule has 2 unspecified atom stereocenters. The fourth-order valence-corrected chi connectivity index (χ4v) is 9.19. The lowest BCUT2D eigenvalue weighted by atomic mass is 9.80. The molecule has 3 saturated heterocycles. The van der Waals surface area contributed by atoms with E-state index in [1.807, 2.05) is 31.2 Å². The SMILES string of the molecule is Cc1cc(C(C)NC[C@H](O)c2cc(O)cc3c2OCC(=O)N3)ccc1OCCC[N+]12CCC(CC1)[C@@H](OCC(O)(c1ccccc1)C1CCCC1)C2. The number of aryl methyl sites for hydroxylation is 1. The van der Waals surface area contributed by atoms with E-state index in [1.54, 1.807) is 0 Å². The van der Waals surface area contributed by atoms with Crippen LogP contribution in [0.15, 0.2) is 60.7 Å². The number of amides is 1. The van der Waals surface area contributed by atoms with E-state index >= 15 is 0 Å². The molecule has 1 amide bonds. The van der Waals surface area contributed by atoms with Crippen molar-refractivity contribution in [3.8, 4) is 17.2 Å². The lowest BCUT2D eigenvalue weighted by Gasteiger charge is -2.53. The molecular weight excluding hydrogens is 658 g/mol. The van der Waals surface area contributed by atoms with Gasteiger partial charge in [-0.25, -0.2) is 0 Å². The number of anilines is 1. The Bertz CT molecular complexity index is 1690. The van der Waals surface area contributed by atoms with Gasteiger partial charge in [0.05, 0.1) is 44.6 Å². The van der Waals surface area contributed by atoms with Crippen LogP contribution in [-0.2, 0) is 15.1 Å². The Morgan fingerprint density at radius 3 is 2.58 bits per heavy atom. The number of carbonyl (C=O) groups is 1. The highest BCUT2D eigenvalue weighted by atomic mass is 16.5. The second-order valence-electron chi connectivity index (χ2n) is 15.8. The largest absolute Gasteiger partial charge is 0.508 e. The highest BCUT2D eigenvalue weighted by Crippen LogP contribution is 2.43. The van der Waals surface area contributed by atoms with Gasteiger partial charge in [-0.1, -0.05) is 55.3 Å². The van der Waals surface area contributed by atoms with Gasteiger partial charge < -0.3 is 44.6 Å². The molecule has 4 aliphatic heterocycles. The molecule has 1 aliphatic carbocycles. The van der Waals surface area contributed by atoms with Gasteiger partial charge in [0, 0.05) is 49.4 Å². The van der Waals surface area contributed by atoms with Crippen molar-refractivity contribution in [1.82, 2.24) is 5.32 Å². The zero-order chi connectivity index (χ0) is 36.3. The Morgan fingerprint density at radius 2 is 1.83 bits per heavy atom. The second kappa shape index (κ2) is 15.7. The summed E-state index contributed by atoms with van der Waals surface area (Å²) >= 11 is 0. The fraction of sp³-hybridized carbons (Fsp3) is 0.548. The summed E-state index contributed by atoms with van der Waals surface area (Å²) in [6.07, 6.45) is 7.07. The van der Waals surface area contributed by atoms with Crippen molar-refractivity contribution >= 4 is 11.6 Å². The standard InChI is InChI=1S/C42H55N3O7/c1-28-21-31(29(2)43-24-37(47)35-22-34(46)23-36-41(35)51-26-40(48)44-36)13-14-38(28)50-20-8-17-45-18-15-30(16-19-45)39(25-45)52-27-42(49,33-11-6-7-12-33)32-9-4-3-5-10-32/h3-5,9-10,13-14,21-23,29-30,33,37,39,43,47,49H,6-8,11-12,15-20,24-27H2,1-2H3,(H-,44,46,48)/p+1/t29?,30?,37-,39-,42?,45?/m0/s1. The van der Waals surface area contributed by atoms with Gasteiger partial charge >= 0.3 is 0 Å². The van der Waals surface area contributed by atoms with Crippen molar-refractivity contribution in [2.24, 2.45) is 11.8 Å². The molecule has 5 N–H and O–H groups in total. The number of benzene rings is 3. The number of hydrogen-bond donors (Lipinski definition) is 5. The van der Waals surface area contributed by atoms with E-state index in [0.29, 0.717) is 36.1 Å². The van der Waals surface area contributed by atoms with Crippen LogP contribution in [-0.4, -0.2) is 84.4 Å². The summed E-state index contributed by atoms with van der Waals surface area (Å²) in [5.41, 5.74) is 2.99. The molecule has 10 nitrogen and oxygen atoms in total. The van der Waals surface area contributed by atoms with Gasteiger partial charge in [-0.15, -0.1) is 0 Å². The minimum Gasteiger partial charge on any atom is -0.508 e. The van der Waals surface area contributed by atoms with Gasteiger partial charge in [-0.2, -0.15) is 0 Å². The summed E-state index contributed by atoms with van der Waals surface area (Å²) in [4.78, 5) is 11.7. The van der Waals surface area contributed by atoms with Gasteiger partial charge in [0.15, 0.2) is 6.61 Å². The lowest BCUT2D eigenvalue weighted by molar-refractivity contribution is -0.946. The molecule has 10 heteroatoms. The summed E-state index contributed by atoms with van der Waals surface area (Å²) in [7, 11) is 0. The van der Waals surface area contributed by atoms with Crippen LogP contribution in [0, 0.1) is 18.8 Å². The summed E-state index contributed by atoms with van der Waals surface area (Å²) in [5, 5.41) is 39.2. The molecule has 4 atom stereocenters. The number of nitrogens with one attached hydrogen (secondary N) is 2.